The predicted octanol–water partition coefficient (Wildman–Crippen LogP) is 2.02. The summed E-state index contributed by atoms with van der Waals surface area (Å²) >= 11 is 0. The van der Waals surface area contributed by atoms with Crippen LogP contribution < -0.4 is 11.1 Å². The van der Waals surface area contributed by atoms with E-state index < -0.39 is 5.91 Å². The van der Waals surface area contributed by atoms with E-state index in [1.54, 1.807) is 6.92 Å². The molecule has 2 rings (SSSR count). The lowest BCUT2D eigenvalue weighted by atomic mass is 10.2. The summed E-state index contributed by atoms with van der Waals surface area (Å²) in [5.41, 5.74) is 6.11. The van der Waals surface area contributed by atoms with Crippen molar-refractivity contribution in [1.29, 1.82) is 5.26 Å². The molecule has 1 aromatic heterocycles. The largest absolute Gasteiger partial charge is 0.365 e. The maximum Gasteiger partial charge on any atom is 0.254 e. The van der Waals surface area contributed by atoms with Crippen LogP contribution in [0.3, 0.4) is 0 Å². The molecule has 3 N–H and O–H groups in total. The molecule has 7 heteroatoms. The van der Waals surface area contributed by atoms with Gasteiger partial charge in [0.05, 0.1) is 18.5 Å². The molecule has 1 aromatic carbocycles. The van der Waals surface area contributed by atoms with E-state index in [1.165, 1.54) is 35.1 Å². The Bertz CT molecular complexity index is 686. The number of nitriles is 1. The first-order valence-corrected chi connectivity index (χ1v) is 6.29. The summed E-state index contributed by atoms with van der Waals surface area (Å²) in [4.78, 5) is 11.4. The SMILES string of the molecule is CC(C#N)Cn1cc(C(N)=O)c(Nc2ccc(F)cc2)n1. The zero-order chi connectivity index (χ0) is 15.4. The summed E-state index contributed by atoms with van der Waals surface area (Å²) in [6.45, 7) is 2.10. The Balaban J connectivity index is 2.27. The number of amides is 1. The number of nitrogens with zero attached hydrogens (tertiary/aromatic N) is 3. The quantitative estimate of drug-likeness (QED) is 0.879. The lowest BCUT2D eigenvalue weighted by molar-refractivity contribution is 0.100. The van der Waals surface area contributed by atoms with Gasteiger partial charge in [-0.15, -0.1) is 0 Å². The lowest BCUT2D eigenvalue weighted by Gasteiger charge is -2.04. The number of anilines is 2. The highest BCUT2D eigenvalue weighted by molar-refractivity contribution is 5.98. The Kier molecular flexibility index (Phi) is 4.18. The topological polar surface area (TPSA) is 96.7 Å². The lowest BCUT2D eigenvalue weighted by Crippen LogP contribution is -2.12. The zero-order valence-electron chi connectivity index (χ0n) is 11.4. The predicted molar refractivity (Wildman–Crippen MR) is 75.2 cm³/mol. The van der Waals surface area contributed by atoms with Crippen molar-refractivity contribution in [2.75, 3.05) is 5.32 Å². The highest BCUT2D eigenvalue weighted by Crippen LogP contribution is 2.19. The Morgan fingerprint density at radius 3 is 2.76 bits per heavy atom. The van der Waals surface area contributed by atoms with Gasteiger partial charge in [-0.05, 0) is 31.2 Å². The fraction of sp³-hybridized carbons (Fsp3) is 0.214. The number of hydrogen-bond acceptors (Lipinski definition) is 4. The molecule has 1 unspecified atom stereocenters. The normalized spacial score (nSPS) is 11.7. The molecule has 2 aromatic rings. The number of primary amides is 1. The molecule has 0 saturated heterocycles. The van der Waals surface area contributed by atoms with Gasteiger partial charge < -0.3 is 11.1 Å². The standard InChI is InChI=1S/C14H14FN5O/c1-9(6-16)7-20-8-12(13(17)21)14(19-20)18-11-4-2-10(15)3-5-11/h2-5,8-9H,7H2,1H3,(H2,17,21)(H,18,19). The fourth-order valence-corrected chi connectivity index (χ4v) is 1.78. The smallest absolute Gasteiger partial charge is 0.254 e. The van der Waals surface area contributed by atoms with E-state index in [2.05, 4.69) is 16.5 Å². The average molecular weight is 287 g/mol. The molecule has 1 amide bonds. The van der Waals surface area contributed by atoms with Gasteiger partial charge in [0.1, 0.15) is 11.4 Å². The molecule has 0 spiro atoms. The van der Waals surface area contributed by atoms with Crippen molar-refractivity contribution in [3.8, 4) is 6.07 Å². The third kappa shape index (κ3) is 3.57. The number of nitrogens with two attached hydrogens (primary N) is 1. The molecule has 21 heavy (non-hydrogen) atoms. The van der Waals surface area contributed by atoms with Gasteiger partial charge in [0.2, 0.25) is 0 Å². The minimum atomic E-state index is -0.629. The van der Waals surface area contributed by atoms with Crippen LogP contribution in [-0.2, 0) is 6.54 Å². The number of nitrogens with one attached hydrogen (secondary N) is 1. The van der Waals surface area contributed by atoms with Gasteiger partial charge >= 0.3 is 0 Å². The van der Waals surface area contributed by atoms with Crippen LogP contribution in [-0.4, -0.2) is 15.7 Å². The Labute approximate surface area is 121 Å². The van der Waals surface area contributed by atoms with E-state index in [-0.39, 0.29) is 23.1 Å². The molecule has 0 aliphatic rings. The van der Waals surface area contributed by atoms with Crippen molar-refractivity contribution in [2.24, 2.45) is 11.7 Å². The monoisotopic (exact) mass is 287 g/mol. The molecule has 1 heterocycles. The number of carbonyl (C=O) groups excluding carboxylic acids is 1. The molecule has 108 valence electrons. The molecular formula is C14H14FN5O. The van der Waals surface area contributed by atoms with Gasteiger partial charge in [-0.3, -0.25) is 9.48 Å². The summed E-state index contributed by atoms with van der Waals surface area (Å²) in [7, 11) is 0. The Hall–Kier alpha value is -2.88. The van der Waals surface area contributed by atoms with Crippen molar-refractivity contribution < 1.29 is 9.18 Å². The molecule has 0 saturated carbocycles. The van der Waals surface area contributed by atoms with Crippen molar-refractivity contribution in [3.63, 3.8) is 0 Å². The number of rotatable bonds is 5. The van der Waals surface area contributed by atoms with E-state index >= 15 is 0 Å². The van der Waals surface area contributed by atoms with Gasteiger partial charge in [0.15, 0.2) is 5.82 Å². The van der Waals surface area contributed by atoms with Gasteiger partial charge in [-0.2, -0.15) is 10.4 Å². The van der Waals surface area contributed by atoms with Gasteiger partial charge in [-0.1, -0.05) is 0 Å². The van der Waals surface area contributed by atoms with Crippen LogP contribution >= 0.6 is 0 Å². The molecule has 0 radical (unpaired) electrons. The number of halogens is 1. The maximum atomic E-state index is 12.9. The number of carbonyl (C=O) groups is 1. The first-order valence-electron chi connectivity index (χ1n) is 6.29. The third-order valence-corrected chi connectivity index (χ3v) is 2.82. The van der Waals surface area contributed by atoms with Crippen LogP contribution in [0, 0.1) is 23.1 Å². The highest BCUT2D eigenvalue weighted by Gasteiger charge is 2.15. The van der Waals surface area contributed by atoms with E-state index in [1.807, 2.05) is 0 Å². The molecule has 1 atom stereocenters. The van der Waals surface area contributed by atoms with E-state index in [9.17, 15) is 9.18 Å². The van der Waals surface area contributed by atoms with Crippen LogP contribution in [0.5, 0.6) is 0 Å². The van der Waals surface area contributed by atoms with Gasteiger partial charge in [0.25, 0.3) is 5.91 Å². The van der Waals surface area contributed by atoms with E-state index in [0.717, 1.165) is 0 Å². The molecule has 0 bridgehead atoms. The average Bonchev–Trinajstić information content (AvgIpc) is 2.84. The minimum absolute atomic E-state index is 0.212. The molecular weight excluding hydrogens is 273 g/mol. The second-order valence-electron chi connectivity index (χ2n) is 4.64. The van der Waals surface area contributed by atoms with Crippen LogP contribution in [0.25, 0.3) is 0 Å². The molecule has 6 nitrogen and oxygen atoms in total. The van der Waals surface area contributed by atoms with Crippen LogP contribution in [0.1, 0.15) is 17.3 Å². The first kappa shape index (κ1) is 14.5. The molecule has 0 aliphatic carbocycles. The van der Waals surface area contributed by atoms with Crippen LogP contribution in [0.2, 0.25) is 0 Å². The fourth-order valence-electron chi connectivity index (χ4n) is 1.78. The van der Waals surface area contributed by atoms with Crippen LogP contribution in [0.15, 0.2) is 30.5 Å². The minimum Gasteiger partial charge on any atom is -0.365 e. The second-order valence-corrected chi connectivity index (χ2v) is 4.64. The summed E-state index contributed by atoms with van der Waals surface area (Å²) < 4.78 is 14.4. The third-order valence-electron chi connectivity index (χ3n) is 2.82. The summed E-state index contributed by atoms with van der Waals surface area (Å²) in [6.07, 6.45) is 1.49. The highest BCUT2D eigenvalue weighted by atomic mass is 19.1. The number of hydrogen-bond donors (Lipinski definition) is 2. The van der Waals surface area contributed by atoms with Crippen molar-refractivity contribution in [1.82, 2.24) is 9.78 Å². The number of aromatic nitrogens is 2. The first-order chi connectivity index (χ1) is 9.99. The zero-order valence-corrected chi connectivity index (χ0v) is 11.4. The summed E-state index contributed by atoms with van der Waals surface area (Å²) in [5.74, 6) is -0.955. The van der Waals surface area contributed by atoms with Crippen molar-refractivity contribution in [2.45, 2.75) is 13.5 Å². The number of benzene rings is 1. The van der Waals surface area contributed by atoms with Gasteiger partial charge in [0, 0.05) is 11.9 Å². The summed E-state index contributed by atoms with van der Waals surface area (Å²) in [6, 6.07) is 7.72. The molecule has 0 aliphatic heterocycles. The van der Waals surface area contributed by atoms with Crippen molar-refractivity contribution >= 4 is 17.4 Å². The molecule has 0 fully saturated rings. The maximum absolute atomic E-state index is 12.9. The second kappa shape index (κ2) is 6.05. The Morgan fingerprint density at radius 2 is 2.19 bits per heavy atom. The summed E-state index contributed by atoms with van der Waals surface area (Å²) in [5, 5.41) is 15.9. The van der Waals surface area contributed by atoms with Gasteiger partial charge in [-0.25, -0.2) is 4.39 Å². The van der Waals surface area contributed by atoms with E-state index in [0.29, 0.717) is 12.2 Å². The van der Waals surface area contributed by atoms with E-state index in [4.69, 9.17) is 11.0 Å². The Morgan fingerprint density at radius 1 is 1.52 bits per heavy atom. The van der Waals surface area contributed by atoms with Crippen LogP contribution in [0.4, 0.5) is 15.9 Å². The van der Waals surface area contributed by atoms with Crippen molar-refractivity contribution in [3.05, 3.63) is 41.8 Å².